The summed E-state index contributed by atoms with van der Waals surface area (Å²) in [5.41, 5.74) is 2.17. The van der Waals surface area contributed by atoms with Crippen LogP contribution in [0, 0.1) is 0 Å². The van der Waals surface area contributed by atoms with Crippen LogP contribution < -0.4 is 5.32 Å². The highest BCUT2D eigenvalue weighted by atomic mass is 16.2. The number of aryl methyl sites for hydroxylation is 1. The Hall–Kier alpha value is -2.73. The Morgan fingerprint density at radius 3 is 2.65 bits per heavy atom. The van der Waals surface area contributed by atoms with Crippen molar-refractivity contribution in [2.75, 3.05) is 18.4 Å². The molecule has 1 aliphatic rings. The van der Waals surface area contributed by atoms with Crippen molar-refractivity contribution in [3.63, 3.8) is 0 Å². The molecule has 0 bridgehead atoms. The van der Waals surface area contributed by atoms with Gasteiger partial charge in [-0.15, -0.1) is 0 Å². The van der Waals surface area contributed by atoms with Gasteiger partial charge in [-0.3, -0.25) is 14.4 Å². The SMILES string of the molecule is CC(C(=O)Nc1cc2cc(-c3cnn(C)c3)ccc2cn1)N1CCCC1. The molecule has 4 rings (SSSR count). The molecule has 1 saturated heterocycles. The van der Waals surface area contributed by atoms with E-state index < -0.39 is 0 Å². The molecule has 2 aromatic heterocycles. The van der Waals surface area contributed by atoms with Crippen LogP contribution in [0.15, 0.2) is 42.9 Å². The number of nitrogens with zero attached hydrogens (tertiary/aromatic N) is 4. The molecule has 134 valence electrons. The lowest BCUT2D eigenvalue weighted by molar-refractivity contribution is -0.120. The van der Waals surface area contributed by atoms with E-state index in [-0.39, 0.29) is 11.9 Å². The summed E-state index contributed by atoms with van der Waals surface area (Å²) in [7, 11) is 1.91. The standard InChI is InChI=1S/C20H23N5O/c1-14(25-7-3-4-8-25)20(26)23-19-10-17-9-15(5-6-16(17)11-21-19)18-12-22-24(2)13-18/h5-6,9-14H,3-4,7-8H2,1-2H3,(H,21,23,26). The number of anilines is 1. The van der Waals surface area contributed by atoms with E-state index >= 15 is 0 Å². The molecule has 6 nitrogen and oxygen atoms in total. The number of aromatic nitrogens is 3. The van der Waals surface area contributed by atoms with Crippen molar-refractivity contribution in [1.29, 1.82) is 0 Å². The number of carbonyl (C=O) groups excluding carboxylic acids is 1. The molecular weight excluding hydrogens is 326 g/mol. The first-order valence-corrected chi connectivity index (χ1v) is 9.04. The summed E-state index contributed by atoms with van der Waals surface area (Å²) in [5, 5.41) is 9.29. The summed E-state index contributed by atoms with van der Waals surface area (Å²) in [5.74, 6) is 0.596. The number of hydrogen-bond donors (Lipinski definition) is 1. The molecule has 1 N–H and O–H groups in total. The van der Waals surface area contributed by atoms with Gasteiger partial charge in [0.15, 0.2) is 0 Å². The minimum Gasteiger partial charge on any atom is -0.309 e. The minimum atomic E-state index is -0.128. The van der Waals surface area contributed by atoms with Gasteiger partial charge in [0.2, 0.25) is 5.91 Å². The molecule has 3 heterocycles. The number of likely N-dealkylation sites (tertiary alicyclic amines) is 1. The number of fused-ring (bicyclic) bond motifs is 1. The molecule has 0 radical (unpaired) electrons. The van der Waals surface area contributed by atoms with Crippen LogP contribution in [0.4, 0.5) is 5.82 Å². The van der Waals surface area contributed by atoms with E-state index in [2.05, 4.69) is 32.4 Å². The van der Waals surface area contributed by atoms with E-state index in [1.54, 1.807) is 10.9 Å². The zero-order valence-corrected chi connectivity index (χ0v) is 15.1. The summed E-state index contributed by atoms with van der Waals surface area (Å²) >= 11 is 0. The molecule has 0 aliphatic carbocycles. The van der Waals surface area contributed by atoms with Crippen LogP contribution in [0.2, 0.25) is 0 Å². The van der Waals surface area contributed by atoms with Crippen LogP contribution in [0.25, 0.3) is 21.9 Å². The van der Waals surface area contributed by atoms with Crippen molar-refractivity contribution in [1.82, 2.24) is 19.7 Å². The van der Waals surface area contributed by atoms with Gasteiger partial charge in [0.05, 0.1) is 12.2 Å². The monoisotopic (exact) mass is 349 g/mol. The van der Waals surface area contributed by atoms with E-state index in [0.717, 1.165) is 35.0 Å². The molecule has 1 fully saturated rings. The molecule has 1 unspecified atom stereocenters. The Bertz CT molecular complexity index is 942. The van der Waals surface area contributed by atoms with Gasteiger partial charge in [0, 0.05) is 30.4 Å². The van der Waals surface area contributed by atoms with E-state index in [1.807, 2.05) is 38.5 Å². The molecule has 0 saturated carbocycles. The summed E-state index contributed by atoms with van der Waals surface area (Å²) in [6, 6.07) is 8.02. The molecule has 6 heteroatoms. The van der Waals surface area contributed by atoms with Gasteiger partial charge in [0.25, 0.3) is 0 Å². The molecule has 1 atom stereocenters. The first-order valence-electron chi connectivity index (χ1n) is 9.04. The Labute approximate surface area is 152 Å². The predicted molar refractivity (Wildman–Crippen MR) is 103 cm³/mol. The Balaban J connectivity index is 1.57. The van der Waals surface area contributed by atoms with Crippen LogP contribution in [0.5, 0.6) is 0 Å². The lowest BCUT2D eigenvalue weighted by atomic mass is 10.1. The van der Waals surface area contributed by atoms with Gasteiger partial charge in [-0.2, -0.15) is 5.10 Å². The van der Waals surface area contributed by atoms with Crippen molar-refractivity contribution in [2.24, 2.45) is 7.05 Å². The van der Waals surface area contributed by atoms with Crippen LogP contribution in [-0.4, -0.2) is 44.7 Å². The number of pyridine rings is 1. The van der Waals surface area contributed by atoms with E-state index in [1.165, 1.54) is 12.8 Å². The largest absolute Gasteiger partial charge is 0.309 e. The molecule has 1 amide bonds. The van der Waals surface area contributed by atoms with Gasteiger partial charge in [0.1, 0.15) is 5.82 Å². The minimum absolute atomic E-state index is 0.00200. The third kappa shape index (κ3) is 3.32. The first kappa shape index (κ1) is 16.7. The smallest absolute Gasteiger partial charge is 0.242 e. The van der Waals surface area contributed by atoms with Crippen LogP contribution in [0.1, 0.15) is 19.8 Å². The second kappa shape index (κ2) is 6.88. The van der Waals surface area contributed by atoms with Crippen molar-refractivity contribution in [3.05, 3.63) is 42.9 Å². The number of amides is 1. The van der Waals surface area contributed by atoms with Crippen molar-refractivity contribution in [2.45, 2.75) is 25.8 Å². The summed E-state index contributed by atoms with van der Waals surface area (Å²) < 4.78 is 1.79. The summed E-state index contributed by atoms with van der Waals surface area (Å²) in [6.45, 7) is 3.95. The molecule has 1 aliphatic heterocycles. The normalized spacial score (nSPS) is 16.1. The average Bonchev–Trinajstić information content (AvgIpc) is 3.32. The zero-order chi connectivity index (χ0) is 18.1. The summed E-state index contributed by atoms with van der Waals surface area (Å²) in [4.78, 5) is 19.1. The third-order valence-electron chi connectivity index (χ3n) is 5.08. The number of carbonyl (C=O) groups is 1. The Morgan fingerprint density at radius 2 is 1.92 bits per heavy atom. The lowest BCUT2D eigenvalue weighted by Crippen LogP contribution is -2.40. The Morgan fingerprint density at radius 1 is 1.12 bits per heavy atom. The fourth-order valence-corrected chi connectivity index (χ4v) is 3.48. The van der Waals surface area contributed by atoms with Gasteiger partial charge in [-0.25, -0.2) is 4.98 Å². The maximum atomic E-state index is 12.5. The topological polar surface area (TPSA) is 63.1 Å². The molecular formula is C20H23N5O. The number of rotatable bonds is 4. The molecule has 0 spiro atoms. The maximum absolute atomic E-state index is 12.5. The average molecular weight is 349 g/mol. The highest BCUT2D eigenvalue weighted by Gasteiger charge is 2.24. The Kier molecular flexibility index (Phi) is 4.42. The van der Waals surface area contributed by atoms with Crippen LogP contribution in [0.3, 0.4) is 0 Å². The van der Waals surface area contributed by atoms with Gasteiger partial charge in [-0.1, -0.05) is 12.1 Å². The van der Waals surface area contributed by atoms with Crippen molar-refractivity contribution in [3.8, 4) is 11.1 Å². The summed E-state index contributed by atoms with van der Waals surface area (Å²) in [6.07, 6.45) is 7.98. The molecule has 26 heavy (non-hydrogen) atoms. The zero-order valence-electron chi connectivity index (χ0n) is 15.1. The second-order valence-corrected chi connectivity index (χ2v) is 6.94. The van der Waals surface area contributed by atoms with Crippen molar-refractivity contribution >= 4 is 22.5 Å². The lowest BCUT2D eigenvalue weighted by Gasteiger charge is -2.22. The van der Waals surface area contributed by atoms with Crippen LogP contribution in [-0.2, 0) is 11.8 Å². The van der Waals surface area contributed by atoms with Crippen molar-refractivity contribution < 1.29 is 4.79 Å². The highest BCUT2D eigenvalue weighted by Crippen LogP contribution is 2.25. The molecule has 1 aromatic carbocycles. The van der Waals surface area contributed by atoms with E-state index in [9.17, 15) is 4.79 Å². The number of hydrogen-bond acceptors (Lipinski definition) is 4. The maximum Gasteiger partial charge on any atom is 0.242 e. The van der Waals surface area contributed by atoms with Crippen LogP contribution >= 0.6 is 0 Å². The number of nitrogens with one attached hydrogen (secondary N) is 1. The third-order valence-corrected chi connectivity index (χ3v) is 5.08. The fraction of sp³-hybridized carbons (Fsp3) is 0.350. The first-order chi connectivity index (χ1) is 12.6. The highest BCUT2D eigenvalue weighted by molar-refractivity contribution is 5.96. The second-order valence-electron chi connectivity index (χ2n) is 6.94. The molecule has 3 aromatic rings. The quantitative estimate of drug-likeness (QED) is 0.786. The van der Waals surface area contributed by atoms with Gasteiger partial charge in [-0.05, 0) is 55.9 Å². The van der Waals surface area contributed by atoms with E-state index in [0.29, 0.717) is 5.82 Å². The van der Waals surface area contributed by atoms with Gasteiger partial charge < -0.3 is 5.32 Å². The van der Waals surface area contributed by atoms with Gasteiger partial charge >= 0.3 is 0 Å². The van der Waals surface area contributed by atoms with E-state index in [4.69, 9.17) is 0 Å². The number of benzene rings is 1. The fourth-order valence-electron chi connectivity index (χ4n) is 3.48. The predicted octanol–water partition coefficient (Wildman–Crippen LogP) is 3.06.